The SMILES string of the molecule is CCOC(=O)N(C)c1ccc(NC(=O)CCC(=O)N(CCC#N)c2ccccc2)cc1. The van der Waals surface area contributed by atoms with Crippen LogP contribution in [0.5, 0.6) is 0 Å². The molecule has 0 fully saturated rings. The third kappa shape index (κ3) is 7.16. The smallest absolute Gasteiger partial charge is 0.413 e. The van der Waals surface area contributed by atoms with Gasteiger partial charge in [0.2, 0.25) is 11.8 Å². The Morgan fingerprint density at radius 3 is 2.29 bits per heavy atom. The molecule has 0 radical (unpaired) electrons. The van der Waals surface area contributed by atoms with E-state index in [0.717, 1.165) is 0 Å². The molecule has 0 saturated heterocycles. The zero-order valence-electron chi connectivity index (χ0n) is 17.7. The van der Waals surface area contributed by atoms with Gasteiger partial charge in [0, 0.05) is 43.5 Å². The Morgan fingerprint density at radius 1 is 1.00 bits per heavy atom. The van der Waals surface area contributed by atoms with Gasteiger partial charge in [0.15, 0.2) is 0 Å². The number of amides is 3. The number of para-hydroxylation sites is 1. The molecular weight excluding hydrogens is 396 g/mol. The fourth-order valence-electron chi connectivity index (χ4n) is 2.84. The summed E-state index contributed by atoms with van der Waals surface area (Å²) in [5.41, 5.74) is 1.88. The van der Waals surface area contributed by atoms with Crippen LogP contribution in [0.25, 0.3) is 0 Å². The van der Waals surface area contributed by atoms with Crippen molar-refractivity contribution < 1.29 is 19.1 Å². The van der Waals surface area contributed by atoms with Crippen molar-refractivity contribution in [1.82, 2.24) is 0 Å². The minimum absolute atomic E-state index is 0.0131. The number of hydrogen-bond donors (Lipinski definition) is 1. The fraction of sp³-hybridized carbons (Fsp3) is 0.304. The standard InChI is InChI=1S/C23H26N4O4/c1-3-31-23(30)26(2)19-12-10-18(11-13-19)25-21(28)14-15-22(29)27(17-7-16-24)20-8-5-4-6-9-20/h4-6,8-13H,3,7,14-15,17H2,1-2H3,(H,25,28). The monoisotopic (exact) mass is 422 g/mol. The van der Waals surface area contributed by atoms with Crippen LogP contribution in [0.1, 0.15) is 26.2 Å². The van der Waals surface area contributed by atoms with Gasteiger partial charge in [-0.1, -0.05) is 18.2 Å². The first-order valence-electron chi connectivity index (χ1n) is 9.99. The summed E-state index contributed by atoms with van der Waals surface area (Å²) in [6, 6.07) is 17.8. The molecule has 3 amide bonds. The van der Waals surface area contributed by atoms with E-state index in [9.17, 15) is 14.4 Å². The van der Waals surface area contributed by atoms with Crippen LogP contribution >= 0.6 is 0 Å². The molecular formula is C23H26N4O4. The number of rotatable bonds is 9. The third-order valence-corrected chi connectivity index (χ3v) is 4.46. The molecule has 0 unspecified atom stereocenters. The zero-order chi connectivity index (χ0) is 22.6. The van der Waals surface area contributed by atoms with Crippen molar-refractivity contribution in [3.63, 3.8) is 0 Å². The van der Waals surface area contributed by atoms with E-state index in [1.54, 1.807) is 50.4 Å². The Balaban J connectivity index is 1.91. The van der Waals surface area contributed by atoms with Gasteiger partial charge in [0.25, 0.3) is 0 Å². The van der Waals surface area contributed by atoms with Gasteiger partial charge in [-0.15, -0.1) is 0 Å². The van der Waals surface area contributed by atoms with Crippen LogP contribution in [0.3, 0.4) is 0 Å². The van der Waals surface area contributed by atoms with Crippen molar-refractivity contribution >= 4 is 35.0 Å². The zero-order valence-corrected chi connectivity index (χ0v) is 17.7. The van der Waals surface area contributed by atoms with E-state index in [-0.39, 0.29) is 44.2 Å². The molecule has 2 aromatic rings. The molecule has 0 atom stereocenters. The molecule has 0 aliphatic carbocycles. The van der Waals surface area contributed by atoms with Gasteiger partial charge < -0.3 is 15.0 Å². The number of nitrogens with zero attached hydrogens (tertiary/aromatic N) is 3. The topological polar surface area (TPSA) is 103 Å². The molecule has 31 heavy (non-hydrogen) atoms. The quantitative estimate of drug-likeness (QED) is 0.659. The van der Waals surface area contributed by atoms with Crippen LogP contribution < -0.4 is 15.1 Å². The highest BCUT2D eigenvalue weighted by atomic mass is 16.6. The first-order chi connectivity index (χ1) is 15.0. The van der Waals surface area contributed by atoms with Crippen LogP contribution in [0, 0.1) is 11.3 Å². The number of benzene rings is 2. The molecule has 2 rings (SSSR count). The van der Waals surface area contributed by atoms with Crippen molar-refractivity contribution in [3.8, 4) is 6.07 Å². The molecule has 2 aromatic carbocycles. The minimum Gasteiger partial charge on any atom is -0.449 e. The lowest BCUT2D eigenvalue weighted by Crippen LogP contribution is -2.32. The van der Waals surface area contributed by atoms with E-state index in [4.69, 9.17) is 10.00 Å². The Morgan fingerprint density at radius 2 is 1.68 bits per heavy atom. The lowest BCUT2D eigenvalue weighted by molar-refractivity contribution is -0.122. The Labute approximate surface area is 182 Å². The number of nitriles is 1. The summed E-state index contributed by atoms with van der Waals surface area (Å²) < 4.78 is 4.95. The Kier molecular flexibility index (Phi) is 9.05. The van der Waals surface area contributed by atoms with E-state index < -0.39 is 6.09 Å². The number of carbonyl (C=O) groups excluding carboxylic acids is 3. The van der Waals surface area contributed by atoms with Gasteiger partial charge >= 0.3 is 6.09 Å². The lowest BCUT2D eigenvalue weighted by atomic mass is 10.2. The summed E-state index contributed by atoms with van der Waals surface area (Å²) in [4.78, 5) is 39.6. The molecule has 0 aromatic heterocycles. The summed E-state index contributed by atoms with van der Waals surface area (Å²) >= 11 is 0. The van der Waals surface area contributed by atoms with Crippen LogP contribution in [0.2, 0.25) is 0 Å². The molecule has 0 aliphatic heterocycles. The second-order valence-corrected chi connectivity index (χ2v) is 6.64. The van der Waals surface area contributed by atoms with Crippen LogP contribution in [-0.4, -0.2) is 38.1 Å². The van der Waals surface area contributed by atoms with Gasteiger partial charge in [-0.2, -0.15) is 5.26 Å². The second-order valence-electron chi connectivity index (χ2n) is 6.64. The highest BCUT2D eigenvalue weighted by molar-refractivity contribution is 5.98. The van der Waals surface area contributed by atoms with Gasteiger partial charge in [-0.25, -0.2) is 4.79 Å². The maximum Gasteiger partial charge on any atom is 0.413 e. The van der Waals surface area contributed by atoms with Gasteiger partial charge in [-0.3, -0.25) is 14.5 Å². The van der Waals surface area contributed by atoms with Crippen molar-refractivity contribution in [2.75, 3.05) is 35.3 Å². The largest absolute Gasteiger partial charge is 0.449 e. The summed E-state index contributed by atoms with van der Waals surface area (Å²) in [7, 11) is 1.60. The number of nitrogens with one attached hydrogen (secondary N) is 1. The summed E-state index contributed by atoms with van der Waals surface area (Å²) in [6.45, 7) is 2.29. The average molecular weight is 422 g/mol. The molecule has 0 aliphatic rings. The van der Waals surface area contributed by atoms with Crippen molar-refractivity contribution in [3.05, 3.63) is 54.6 Å². The molecule has 0 heterocycles. The van der Waals surface area contributed by atoms with E-state index in [2.05, 4.69) is 5.32 Å². The highest BCUT2D eigenvalue weighted by Gasteiger charge is 2.17. The second kappa shape index (κ2) is 12.0. The van der Waals surface area contributed by atoms with Gasteiger partial charge in [0.1, 0.15) is 0 Å². The van der Waals surface area contributed by atoms with Crippen LogP contribution in [0.15, 0.2) is 54.6 Å². The highest BCUT2D eigenvalue weighted by Crippen LogP contribution is 2.19. The minimum atomic E-state index is -0.461. The van der Waals surface area contributed by atoms with Crippen molar-refractivity contribution in [2.45, 2.75) is 26.2 Å². The Hall–Kier alpha value is -3.86. The number of ether oxygens (including phenoxy) is 1. The van der Waals surface area contributed by atoms with Crippen LogP contribution in [-0.2, 0) is 14.3 Å². The van der Waals surface area contributed by atoms with E-state index in [1.165, 1.54) is 9.80 Å². The number of hydrogen-bond acceptors (Lipinski definition) is 5. The lowest BCUT2D eigenvalue weighted by Gasteiger charge is -2.21. The maximum absolute atomic E-state index is 12.6. The molecule has 8 heteroatoms. The molecule has 0 spiro atoms. The average Bonchev–Trinajstić information content (AvgIpc) is 2.79. The first-order valence-corrected chi connectivity index (χ1v) is 9.99. The third-order valence-electron chi connectivity index (χ3n) is 4.46. The maximum atomic E-state index is 12.6. The Bertz CT molecular complexity index is 923. The first kappa shape index (κ1) is 23.4. The van der Waals surface area contributed by atoms with Gasteiger partial charge in [-0.05, 0) is 43.3 Å². The number of carbonyl (C=O) groups is 3. The molecule has 8 nitrogen and oxygen atoms in total. The van der Waals surface area contributed by atoms with E-state index >= 15 is 0 Å². The normalized spacial score (nSPS) is 9.97. The molecule has 162 valence electrons. The fourth-order valence-corrected chi connectivity index (χ4v) is 2.84. The van der Waals surface area contributed by atoms with E-state index in [0.29, 0.717) is 17.1 Å². The predicted octanol–water partition coefficient (Wildman–Crippen LogP) is 3.94. The number of anilines is 3. The molecule has 0 bridgehead atoms. The molecule has 1 N–H and O–H groups in total. The predicted molar refractivity (Wildman–Crippen MR) is 119 cm³/mol. The van der Waals surface area contributed by atoms with Crippen molar-refractivity contribution in [1.29, 1.82) is 5.26 Å². The summed E-state index contributed by atoms with van der Waals surface area (Å²) in [5, 5.41) is 11.6. The summed E-state index contributed by atoms with van der Waals surface area (Å²) in [6.07, 6.45) is -0.216. The molecule has 0 saturated carbocycles. The van der Waals surface area contributed by atoms with E-state index in [1.807, 2.05) is 24.3 Å². The van der Waals surface area contributed by atoms with Crippen LogP contribution in [0.4, 0.5) is 21.9 Å². The summed E-state index contributed by atoms with van der Waals surface area (Å²) in [5.74, 6) is -0.517. The van der Waals surface area contributed by atoms with Crippen molar-refractivity contribution in [2.24, 2.45) is 0 Å². The van der Waals surface area contributed by atoms with Gasteiger partial charge in [0.05, 0.1) is 19.1 Å².